The summed E-state index contributed by atoms with van der Waals surface area (Å²) in [6, 6.07) is 11.7. The number of β-amino-alcohol motifs (C(OH)–C–C–N with tert-alkyl or cyclic N) is 1. The van der Waals surface area contributed by atoms with Gasteiger partial charge in [-0.2, -0.15) is 13.2 Å². The predicted octanol–water partition coefficient (Wildman–Crippen LogP) is 3.80. The fourth-order valence-corrected chi connectivity index (χ4v) is 4.27. The van der Waals surface area contributed by atoms with Crippen molar-refractivity contribution in [1.29, 1.82) is 0 Å². The van der Waals surface area contributed by atoms with Crippen LogP contribution >= 0.6 is 0 Å². The molecule has 6 nitrogen and oxygen atoms in total. The Kier molecular flexibility index (Phi) is 6.15. The fraction of sp³-hybridized carbons (Fsp3) is 0.435. The second kappa shape index (κ2) is 8.73. The normalized spacial score (nSPS) is 16.6. The number of anilines is 1. The maximum absolute atomic E-state index is 13.6. The maximum Gasteiger partial charge on any atom is 0.416 e. The van der Waals surface area contributed by atoms with Crippen LogP contribution in [0.1, 0.15) is 19.4 Å². The van der Waals surface area contributed by atoms with Crippen molar-refractivity contribution < 1.29 is 18.3 Å². The number of benzene rings is 2. The molecule has 2 aromatic carbocycles. The van der Waals surface area contributed by atoms with E-state index in [1.165, 1.54) is 6.07 Å². The van der Waals surface area contributed by atoms with Crippen molar-refractivity contribution in [2.24, 2.45) is 0 Å². The van der Waals surface area contributed by atoms with Crippen LogP contribution in [0.4, 0.5) is 18.9 Å². The number of imidazole rings is 1. The molecular formula is C23H28F3N5O. The minimum Gasteiger partial charge on any atom is -0.395 e. The van der Waals surface area contributed by atoms with E-state index in [1.54, 1.807) is 6.33 Å². The van der Waals surface area contributed by atoms with Crippen LogP contribution in [0.3, 0.4) is 0 Å². The van der Waals surface area contributed by atoms with Crippen molar-refractivity contribution in [2.45, 2.75) is 25.7 Å². The van der Waals surface area contributed by atoms with E-state index in [4.69, 9.17) is 5.11 Å². The average molecular weight is 448 g/mol. The van der Waals surface area contributed by atoms with E-state index in [0.29, 0.717) is 17.7 Å². The molecule has 0 radical (unpaired) electrons. The van der Waals surface area contributed by atoms with E-state index >= 15 is 0 Å². The Morgan fingerprint density at radius 2 is 1.72 bits per heavy atom. The Balaban J connectivity index is 1.72. The van der Waals surface area contributed by atoms with Gasteiger partial charge in [0.25, 0.3) is 0 Å². The monoisotopic (exact) mass is 447 g/mol. The van der Waals surface area contributed by atoms with Crippen LogP contribution in [0.2, 0.25) is 0 Å². The van der Waals surface area contributed by atoms with E-state index in [-0.39, 0.29) is 12.1 Å². The largest absolute Gasteiger partial charge is 0.416 e. The van der Waals surface area contributed by atoms with Crippen molar-refractivity contribution in [3.05, 3.63) is 54.4 Å². The average Bonchev–Trinajstić information content (AvgIpc) is 3.19. The molecule has 4 rings (SSSR count). The Hall–Kier alpha value is -2.62. The van der Waals surface area contributed by atoms with Gasteiger partial charge in [0.15, 0.2) is 0 Å². The maximum atomic E-state index is 13.6. The van der Waals surface area contributed by atoms with Crippen LogP contribution < -0.4 is 5.32 Å². The van der Waals surface area contributed by atoms with Crippen LogP contribution in [0, 0.1) is 0 Å². The van der Waals surface area contributed by atoms with Gasteiger partial charge >= 0.3 is 6.18 Å². The summed E-state index contributed by atoms with van der Waals surface area (Å²) in [6.45, 7) is 7.80. The molecule has 3 aromatic rings. The summed E-state index contributed by atoms with van der Waals surface area (Å²) in [5.41, 5.74) is 0.793. The number of piperazine rings is 1. The van der Waals surface area contributed by atoms with Gasteiger partial charge < -0.3 is 10.4 Å². The first-order valence-electron chi connectivity index (χ1n) is 10.7. The van der Waals surface area contributed by atoms with Gasteiger partial charge in [0, 0.05) is 38.4 Å². The van der Waals surface area contributed by atoms with Gasteiger partial charge in [0.2, 0.25) is 0 Å². The van der Waals surface area contributed by atoms with Crippen LogP contribution in [0.15, 0.2) is 48.8 Å². The number of halogens is 3. The molecule has 9 heteroatoms. The Labute approximate surface area is 185 Å². The number of fused-ring (bicyclic) bond motifs is 1. The van der Waals surface area contributed by atoms with Crippen molar-refractivity contribution in [2.75, 3.05) is 44.6 Å². The molecule has 1 aliphatic rings. The molecule has 1 aromatic heterocycles. The summed E-state index contributed by atoms with van der Waals surface area (Å²) in [5, 5.41) is 12.5. The molecule has 2 heterocycles. The fourth-order valence-electron chi connectivity index (χ4n) is 4.27. The van der Waals surface area contributed by atoms with E-state index in [9.17, 15) is 13.2 Å². The van der Waals surface area contributed by atoms with E-state index in [1.807, 2.05) is 48.7 Å². The van der Waals surface area contributed by atoms with Crippen LogP contribution in [-0.4, -0.2) is 69.5 Å². The second-order valence-corrected chi connectivity index (χ2v) is 8.58. The highest BCUT2D eigenvalue weighted by atomic mass is 19.4. The highest BCUT2D eigenvalue weighted by Gasteiger charge is 2.34. The number of aliphatic hydroxyl groups is 1. The van der Waals surface area contributed by atoms with Gasteiger partial charge in [-0.05, 0) is 38.1 Å². The summed E-state index contributed by atoms with van der Waals surface area (Å²) in [4.78, 5) is 8.68. The minimum absolute atomic E-state index is 0.118. The number of rotatable bonds is 6. The highest BCUT2D eigenvalue weighted by Crippen LogP contribution is 2.37. The lowest BCUT2D eigenvalue weighted by Crippen LogP contribution is -2.58. The first-order chi connectivity index (χ1) is 15.2. The Bertz CT molecular complexity index is 1060. The SMILES string of the molecule is CC(C)(Nc1cc(C(F)(F)F)cc2ncn(-c3ccccc3)c12)N1CCN(CCO)CC1. The van der Waals surface area contributed by atoms with Crippen molar-refractivity contribution in [3.63, 3.8) is 0 Å². The second-order valence-electron chi connectivity index (χ2n) is 8.58. The molecule has 0 spiro atoms. The standard InChI is InChI=1S/C23H28F3N5O/c1-22(2,30-10-8-29(9-11-30)12-13-32)28-20-15-17(23(24,25)26)14-19-21(20)31(16-27-19)18-6-4-3-5-7-18/h3-7,14-16,28,32H,8-13H2,1-2H3. The zero-order valence-corrected chi connectivity index (χ0v) is 18.2. The number of nitrogens with zero attached hydrogens (tertiary/aromatic N) is 4. The van der Waals surface area contributed by atoms with E-state index in [0.717, 1.165) is 37.9 Å². The summed E-state index contributed by atoms with van der Waals surface area (Å²) in [7, 11) is 0. The van der Waals surface area contributed by atoms with Crippen LogP contribution in [0.5, 0.6) is 0 Å². The van der Waals surface area contributed by atoms with Crippen molar-refractivity contribution in [1.82, 2.24) is 19.4 Å². The van der Waals surface area contributed by atoms with Gasteiger partial charge in [0.05, 0.1) is 34.6 Å². The molecule has 2 N–H and O–H groups in total. The molecule has 0 bridgehead atoms. The van der Waals surface area contributed by atoms with Gasteiger partial charge in [-0.25, -0.2) is 4.98 Å². The van der Waals surface area contributed by atoms with Gasteiger partial charge in [-0.15, -0.1) is 0 Å². The number of nitrogens with one attached hydrogen (secondary N) is 1. The lowest BCUT2D eigenvalue weighted by Gasteiger charge is -2.45. The molecule has 1 fully saturated rings. The van der Waals surface area contributed by atoms with Gasteiger partial charge in [-0.1, -0.05) is 18.2 Å². The third-order valence-electron chi connectivity index (χ3n) is 6.02. The quantitative estimate of drug-likeness (QED) is 0.602. The van der Waals surface area contributed by atoms with Crippen molar-refractivity contribution in [3.8, 4) is 5.69 Å². The summed E-state index contributed by atoms with van der Waals surface area (Å²) >= 11 is 0. The minimum atomic E-state index is -4.47. The van der Waals surface area contributed by atoms with E-state index in [2.05, 4.69) is 20.1 Å². The lowest BCUT2D eigenvalue weighted by atomic mass is 10.1. The van der Waals surface area contributed by atoms with Gasteiger partial charge in [-0.3, -0.25) is 14.4 Å². The van der Waals surface area contributed by atoms with Crippen molar-refractivity contribution >= 4 is 16.7 Å². The number of aliphatic hydroxyl groups excluding tert-OH is 1. The topological polar surface area (TPSA) is 56.6 Å². The molecule has 1 aliphatic heterocycles. The molecule has 172 valence electrons. The van der Waals surface area contributed by atoms with Crippen LogP contribution in [0.25, 0.3) is 16.7 Å². The molecule has 0 atom stereocenters. The summed E-state index contributed by atoms with van der Waals surface area (Å²) in [5.74, 6) is 0. The molecular weight excluding hydrogens is 419 g/mol. The zero-order chi connectivity index (χ0) is 22.9. The molecule has 0 amide bonds. The molecule has 0 unspecified atom stereocenters. The smallest absolute Gasteiger partial charge is 0.395 e. The summed E-state index contributed by atoms with van der Waals surface area (Å²) in [6.07, 6.45) is -2.91. The van der Waals surface area contributed by atoms with Gasteiger partial charge in [0.1, 0.15) is 6.33 Å². The highest BCUT2D eigenvalue weighted by molar-refractivity contribution is 5.91. The number of para-hydroxylation sites is 1. The number of aromatic nitrogens is 2. The Morgan fingerprint density at radius 1 is 1.03 bits per heavy atom. The third kappa shape index (κ3) is 4.60. The first-order valence-corrected chi connectivity index (χ1v) is 10.7. The number of alkyl halides is 3. The molecule has 1 saturated heterocycles. The van der Waals surface area contributed by atoms with E-state index < -0.39 is 17.4 Å². The molecule has 0 saturated carbocycles. The predicted molar refractivity (Wildman–Crippen MR) is 119 cm³/mol. The molecule has 32 heavy (non-hydrogen) atoms. The zero-order valence-electron chi connectivity index (χ0n) is 18.2. The first kappa shape index (κ1) is 22.6. The molecule has 0 aliphatic carbocycles. The number of hydrogen-bond donors (Lipinski definition) is 2. The third-order valence-corrected chi connectivity index (χ3v) is 6.02. The number of hydrogen-bond acceptors (Lipinski definition) is 5. The van der Waals surface area contributed by atoms with Crippen LogP contribution in [-0.2, 0) is 6.18 Å². The summed E-state index contributed by atoms with van der Waals surface area (Å²) < 4.78 is 42.7. The lowest BCUT2D eigenvalue weighted by molar-refractivity contribution is -0.137. The Morgan fingerprint density at radius 3 is 2.34 bits per heavy atom.